The number of hydrogen-bond donors (Lipinski definition) is 2. The number of rotatable bonds is 5. The molecule has 0 saturated heterocycles. The molecule has 0 heterocycles. The molecule has 106 valence electrons. The van der Waals surface area contributed by atoms with Crippen molar-refractivity contribution in [3.05, 3.63) is 29.3 Å². The molecule has 1 aromatic rings. The molecular weight excluding hydrogens is 260 g/mol. The van der Waals surface area contributed by atoms with Crippen molar-refractivity contribution in [2.45, 2.75) is 38.6 Å². The molecular formula is C14H22N2O2S. The third-order valence-electron chi connectivity index (χ3n) is 4.00. The quantitative estimate of drug-likeness (QED) is 0.864. The van der Waals surface area contributed by atoms with Crippen LogP contribution in [0.25, 0.3) is 0 Å². The predicted octanol–water partition coefficient (Wildman–Crippen LogP) is 1.78. The van der Waals surface area contributed by atoms with Gasteiger partial charge in [-0.1, -0.05) is 26.0 Å². The highest BCUT2D eigenvalue weighted by Gasteiger charge is 2.45. The Morgan fingerprint density at radius 1 is 1.42 bits per heavy atom. The molecule has 1 saturated carbocycles. The molecule has 1 atom stereocenters. The number of aryl methyl sites for hydroxylation is 1. The van der Waals surface area contributed by atoms with Gasteiger partial charge in [-0.3, -0.25) is 0 Å². The van der Waals surface area contributed by atoms with E-state index in [4.69, 9.17) is 5.73 Å². The molecule has 0 bridgehead atoms. The van der Waals surface area contributed by atoms with E-state index in [9.17, 15) is 8.42 Å². The standard InChI is InChI=1S/C14H22N2O2S/c1-10-6-11(8-15)4-5-13(10)19(17,18)16-9-12-7-14(12,2)3/h4-6,12,16H,7-9,15H2,1-3H3. The lowest BCUT2D eigenvalue weighted by molar-refractivity contribution is 0.537. The number of sulfonamides is 1. The predicted molar refractivity (Wildman–Crippen MR) is 76.1 cm³/mol. The second-order valence-electron chi connectivity index (χ2n) is 6.05. The Morgan fingerprint density at radius 3 is 2.53 bits per heavy atom. The first-order valence-electron chi connectivity index (χ1n) is 6.55. The zero-order valence-corrected chi connectivity index (χ0v) is 12.5. The van der Waals surface area contributed by atoms with Gasteiger partial charge in [0.15, 0.2) is 0 Å². The van der Waals surface area contributed by atoms with Crippen LogP contribution in [0, 0.1) is 18.3 Å². The maximum absolute atomic E-state index is 12.3. The van der Waals surface area contributed by atoms with Crippen LogP contribution in [0.2, 0.25) is 0 Å². The van der Waals surface area contributed by atoms with Crippen LogP contribution < -0.4 is 10.5 Å². The molecule has 0 aliphatic heterocycles. The molecule has 0 amide bonds. The van der Waals surface area contributed by atoms with Gasteiger partial charge in [0, 0.05) is 13.1 Å². The third-order valence-corrected chi connectivity index (χ3v) is 5.59. The first kappa shape index (κ1) is 14.5. The summed E-state index contributed by atoms with van der Waals surface area (Å²) in [6.07, 6.45) is 1.08. The molecule has 3 N–H and O–H groups in total. The van der Waals surface area contributed by atoms with Crippen LogP contribution in [0.1, 0.15) is 31.4 Å². The smallest absolute Gasteiger partial charge is 0.240 e. The molecule has 1 unspecified atom stereocenters. The van der Waals surface area contributed by atoms with E-state index in [2.05, 4.69) is 18.6 Å². The summed E-state index contributed by atoms with van der Waals surface area (Å²) in [5.74, 6) is 0.450. The van der Waals surface area contributed by atoms with Gasteiger partial charge in [0.1, 0.15) is 0 Å². The summed E-state index contributed by atoms with van der Waals surface area (Å²) in [5, 5.41) is 0. The van der Waals surface area contributed by atoms with E-state index in [0.717, 1.165) is 17.5 Å². The van der Waals surface area contributed by atoms with Gasteiger partial charge in [-0.25, -0.2) is 13.1 Å². The third kappa shape index (κ3) is 3.16. The minimum Gasteiger partial charge on any atom is -0.326 e. The zero-order chi connectivity index (χ0) is 14.3. The summed E-state index contributed by atoms with van der Waals surface area (Å²) in [4.78, 5) is 0.350. The van der Waals surface area contributed by atoms with Gasteiger partial charge >= 0.3 is 0 Å². The number of benzene rings is 1. The number of nitrogens with one attached hydrogen (secondary N) is 1. The fraction of sp³-hybridized carbons (Fsp3) is 0.571. The van der Waals surface area contributed by atoms with Gasteiger partial charge in [-0.05, 0) is 41.9 Å². The Kier molecular flexibility index (Phi) is 3.73. The summed E-state index contributed by atoms with van der Waals surface area (Å²) in [6.45, 7) is 7.06. The summed E-state index contributed by atoms with van der Waals surface area (Å²) in [6, 6.07) is 5.23. The maximum atomic E-state index is 12.3. The monoisotopic (exact) mass is 282 g/mol. The highest BCUT2D eigenvalue weighted by Crippen LogP contribution is 2.51. The van der Waals surface area contributed by atoms with Gasteiger partial charge < -0.3 is 5.73 Å². The highest BCUT2D eigenvalue weighted by atomic mass is 32.2. The molecule has 19 heavy (non-hydrogen) atoms. The Bertz CT molecular complexity index is 579. The topological polar surface area (TPSA) is 72.2 Å². The normalized spacial score (nSPS) is 21.4. The average molecular weight is 282 g/mol. The van der Waals surface area contributed by atoms with Crippen molar-refractivity contribution >= 4 is 10.0 Å². The molecule has 1 aromatic carbocycles. The number of nitrogens with two attached hydrogens (primary N) is 1. The zero-order valence-electron chi connectivity index (χ0n) is 11.7. The minimum atomic E-state index is -3.41. The summed E-state index contributed by atoms with van der Waals surface area (Å²) < 4.78 is 27.2. The SMILES string of the molecule is Cc1cc(CN)ccc1S(=O)(=O)NCC1CC1(C)C. The van der Waals surface area contributed by atoms with Gasteiger partial charge in [-0.2, -0.15) is 0 Å². The lowest BCUT2D eigenvalue weighted by Crippen LogP contribution is -2.27. The molecule has 1 fully saturated rings. The van der Waals surface area contributed by atoms with Crippen molar-refractivity contribution in [3.8, 4) is 0 Å². The molecule has 4 nitrogen and oxygen atoms in total. The van der Waals surface area contributed by atoms with Crippen LogP contribution in [0.3, 0.4) is 0 Å². The maximum Gasteiger partial charge on any atom is 0.240 e. The van der Waals surface area contributed by atoms with Gasteiger partial charge in [0.25, 0.3) is 0 Å². The van der Waals surface area contributed by atoms with E-state index in [-0.39, 0.29) is 5.41 Å². The Hall–Kier alpha value is -0.910. The Balaban J connectivity index is 2.11. The minimum absolute atomic E-state index is 0.279. The summed E-state index contributed by atoms with van der Waals surface area (Å²) >= 11 is 0. The van der Waals surface area contributed by atoms with Crippen LogP contribution in [-0.4, -0.2) is 15.0 Å². The van der Waals surface area contributed by atoms with E-state index >= 15 is 0 Å². The van der Waals surface area contributed by atoms with Crippen LogP contribution in [0.5, 0.6) is 0 Å². The van der Waals surface area contributed by atoms with Crippen molar-refractivity contribution in [3.63, 3.8) is 0 Å². The average Bonchev–Trinajstić information content (AvgIpc) is 2.94. The van der Waals surface area contributed by atoms with E-state index in [1.54, 1.807) is 19.1 Å². The highest BCUT2D eigenvalue weighted by molar-refractivity contribution is 7.89. The van der Waals surface area contributed by atoms with Gasteiger partial charge in [0.05, 0.1) is 4.90 Å². The molecule has 2 rings (SSSR count). The van der Waals surface area contributed by atoms with Crippen molar-refractivity contribution in [1.82, 2.24) is 4.72 Å². The van der Waals surface area contributed by atoms with E-state index in [0.29, 0.717) is 23.9 Å². The molecule has 1 aliphatic carbocycles. The van der Waals surface area contributed by atoms with Crippen LogP contribution in [0.15, 0.2) is 23.1 Å². The fourth-order valence-corrected chi connectivity index (χ4v) is 3.66. The van der Waals surface area contributed by atoms with Gasteiger partial charge in [0.2, 0.25) is 10.0 Å². The van der Waals surface area contributed by atoms with Crippen LogP contribution in [0.4, 0.5) is 0 Å². The van der Waals surface area contributed by atoms with Crippen molar-refractivity contribution < 1.29 is 8.42 Å². The Labute approximate surface area is 115 Å². The molecule has 0 spiro atoms. The second kappa shape index (κ2) is 4.89. The number of hydrogen-bond acceptors (Lipinski definition) is 3. The van der Waals surface area contributed by atoms with Gasteiger partial charge in [-0.15, -0.1) is 0 Å². The van der Waals surface area contributed by atoms with E-state index in [1.807, 2.05) is 6.07 Å². The molecule has 0 radical (unpaired) electrons. The first-order valence-corrected chi connectivity index (χ1v) is 8.04. The van der Waals surface area contributed by atoms with Crippen molar-refractivity contribution in [1.29, 1.82) is 0 Å². The lowest BCUT2D eigenvalue weighted by atomic mass is 10.1. The van der Waals surface area contributed by atoms with Crippen LogP contribution in [-0.2, 0) is 16.6 Å². The largest absolute Gasteiger partial charge is 0.326 e. The summed E-state index contributed by atoms with van der Waals surface area (Å²) in [7, 11) is -3.41. The molecule has 5 heteroatoms. The molecule has 0 aromatic heterocycles. The molecule has 1 aliphatic rings. The first-order chi connectivity index (χ1) is 8.76. The van der Waals surface area contributed by atoms with E-state index in [1.165, 1.54) is 0 Å². The van der Waals surface area contributed by atoms with Crippen molar-refractivity contribution in [2.24, 2.45) is 17.1 Å². The lowest BCUT2D eigenvalue weighted by Gasteiger charge is -2.11. The fourth-order valence-electron chi connectivity index (χ4n) is 2.35. The van der Waals surface area contributed by atoms with Crippen molar-refractivity contribution in [2.75, 3.05) is 6.54 Å². The Morgan fingerprint density at radius 2 is 2.05 bits per heavy atom. The van der Waals surface area contributed by atoms with Crippen LogP contribution >= 0.6 is 0 Å². The van der Waals surface area contributed by atoms with E-state index < -0.39 is 10.0 Å². The second-order valence-corrected chi connectivity index (χ2v) is 7.78. The summed E-state index contributed by atoms with van der Waals surface area (Å²) in [5.41, 5.74) is 7.51.